The lowest BCUT2D eigenvalue weighted by Crippen LogP contribution is -2.23. The Hall–Kier alpha value is -1.91. The van der Waals surface area contributed by atoms with Crippen LogP contribution in [0.25, 0.3) is 0 Å². The van der Waals surface area contributed by atoms with Crippen LogP contribution < -0.4 is 10.5 Å². The van der Waals surface area contributed by atoms with Crippen LogP contribution in [0.4, 0.5) is 24.7 Å². The van der Waals surface area contributed by atoms with Gasteiger partial charge in [0.15, 0.2) is 0 Å². The van der Waals surface area contributed by atoms with E-state index in [1.807, 2.05) is 0 Å². The first-order chi connectivity index (χ1) is 11.7. The molecular weight excluding hydrogens is 393 g/mol. The van der Waals surface area contributed by atoms with Gasteiger partial charge in [0.05, 0.1) is 4.90 Å². The van der Waals surface area contributed by atoms with Crippen molar-refractivity contribution in [1.29, 1.82) is 0 Å². The molecule has 6 nitrogen and oxygen atoms in total. The van der Waals surface area contributed by atoms with Crippen molar-refractivity contribution >= 4 is 33.1 Å². The van der Waals surface area contributed by atoms with Crippen molar-refractivity contribution in [2.24, 2.45) is 5.14 Å². The Morgan fingerprint density at radius 3 is 2.31 bits per heavy atom. The number of halogens is 4. The van der Waals surface area contributed by atoms with Gasteiger partial charge in [-0.1, -0.05) is 26.8 Å². The second-order valence-corrected chi connectivity index (χ2v) is 8.37. The van der Waals surface area contributed by atoms with Crippen LogP contribution in [-0.2, 0) is 21.6 Å². The van der Waals surface area contributed by atoms with Gasteiger partial charge < -0.3 is 5.32 Å². The van der Waals surface area contributed by atoms with E-state index in [1.54, 1.807) is 20.8 Å². The highest BCUT2D eigenvalue weighted by Crippen LogP contribution is 2.39. The number of aromatic nitrogens is 2. The third-order valence-corrected chi connectivity index (χ3v) is 4.54. The number of benzene rings is 1. The van der Waals surface area contributed by atoms with Gasteiger partial charge in [-0.15, -0.1) is 0 Å². The third kappa shape index (κ3) is 4.43. The van der Waals surface area contributed by atoms with Crippen LogP contribution in [0.5, 0.6) is 0 Å². The molecule has 1 heterocycles. The number of rotatable bonds is 3. The number of nitrogens with zero attached hydrogens (tertiary/aromatic N) is 2. The summed E-state index contributed by atoms with van der Waals surface area (Å²) in [6.07, 6.45) is -4.18. The van der Waals surface area contributed by atoms with E-state index in [4.69, 9.17) is 16.7 Å². The number of alkyl halides is 3. The monoisotopic (exact) mass is 408 g/mol. The molecule has 0 amide bonds. The second-order valence-electron chi connectivity index (χ2n) is 6.50. The van der Waals surface area contributed by atoms with Crippen LogP contribution in [0.1, 0.15) is 31.9 Å². The maximum atomic E-state index is 13.2. The number of primary sulfonamides is 1. The highest BCUT2D eigenvalue weighted by Gasteiger charge is 2.36. The van der Waals surface area contributed by atoms with E-state index in [-0.39, 0.29) is 21.4 Å². The first-order valence-corrected chi connectivity index (χ1v) is 9.17. The molecule has 1 aromatic carbocycles. The minimum absolute atomic E-state index is 0.115. The Labute approximate surface area is 153 Å². The van der Waals surface area contributed by atoms with Crippen LogP contribution in [0.2, 0.25) is 5.28 Å². The van der Waals surface area contributed by atoms with Gasteiger partial charge in [-0.3, -0.25) is 0 Å². The number of nitrogens with one attached hydrogen (secondary N) is 1. The van der Waals surface area contributed by atoms with Gasteiger partial charge in [0, 0.05) is 17.4 Å². The summed E-state index contributed by atoms with van der Waals surface area (Å²) in [5.41, 5.74) is -1.54. The van der Waals surface area contributed by atoms with Crippen LogP contribution in [0.3, 0.4) is 0 Å². The van der Waals surface area contributed by atoms with Gasteiger partial charge in [-0.05, 0) is 29.1 Å². The smallest absolute Gasteiger partial charge is 0.339 e. The van der Waals surface area contributed by atoms with Crippen LogP contribution in [0, 0.1) is 0 Å². The summed E-state index contributed by atoms with van der Waals surface area (Å²) in [5.74, 6) is -0.588. The lowest BCUT2D eigenvalue weighted by Gasteiger charge is -2.26. The lowest BCUT2D eigenvalue weighted by molar-refractivity contribution is -0.137. The molecule has 0 saturated heterocycles. The van der Waals surface area contributed by atoms with Gasteiger partial charge in [0.1, 0.15) is 11.4 Å². The number of hydrogen-bond donors (Lipinski definition) is 2. The van der Waals surface area contributed by atoms with Crippen molar-refractivity contribution in [1.82, 2.24) is 9.97 Å². The molecule has 0 aliphatic rings. The Bertz CT molecular complexity index is 941. The van der Waals surface area contributed by atoms with E-state index in [2.05, 4.69) is 15.3 Å². The summed E-state index contributed by atoms with van der Waals surface area (Å²) in [5, 5.41) is 7.40. The molecule has 0 bridgehead atoms. The van der Waals surface area contributed by atoms with Gasteiger partial charge >= 0.3 is 6.18 Å². The van der Waals surface area contributed by atoms with Gasteiger partial charge in [-0.2, -0.15) is 18.2 Å². The second kappa shape index (κ2) is 6.67. The van der Waals surface area contributed by atoms with E-state index in [0.717, 1.165) is 0 Å². The molecule has 0 radical (unpaired) electrons. The lowest BCUT2D eigenvalue weighted by atomic mass is 9.85. The fourth-order valence-electron chi connectivity index (χ4n) is 2.44. The molecule has 2 aromatic rings. The van der Waals surface area contributed by atoms with Crippen molar-refractivity contribution in [3.05, 3.63) is 40.8 Å². The zero-order valence-electron chi connectivity index (χ0n) is 14.0. The standard InChI is InChI=1S/C15H16ClF3N4O2S/c1-14(2,3)11-9(5-4-6-10(11)26(20,24)25)22-12-8(15(17,18)19)7-21-13(16)23-12/h4-7H,1-3H3,(H2,20,24,25)(H,21,22,23). The molecule has 0 aliphatic heterocycles. The van der Waals surface area contributed by atoms with E-state index >= 15 is 0 Å². The molecular formula is C15H16ClF3N4O2S. The van der Waals surface area contributed by atoms with Crippen molar-refractivity contribution in [2.45, 2.75) is 37.3 Å². The summed E-state index contributed by atoms with van der Waals surface area (Å²) in [6, 6.07) is 4.09. The van der Waals surface area contributed by atoms with Crippen molar-refractivity contribution < 1.29 is 21.6 Å². The van der Waals surface area contributed by atoms with E-state index in [0.29, 0.717) is 6.20 Å². The summed E-state index contributed by atoms with van der Waals surface area (Å²) >= 11 is 5.62. The molecule has 0 spiro atoms. The van der Waals surface area contributed by atoms with Crippen molar-refractivity contribution in [2.75, 3.05) is 5.32 Å². The first kappa shape index (κ1) is 20.4. The Morgan fingerprint density at radius 1 is 1.19 bits per heavy atom. The molecule has 2 rings (SSSR count). The number of hydrogen-bond acceptors (Lipinski definition) is 5. The molecule has 0 fully saturated rings. The van der Waals surface area contributed by atoms with Crippen molar-refractivity contribution in [3.63, 3.8) is 0 Å². The first-order valence-electron chi connectivity index (χ1n) is 7.24. The molecule has 1 aromatic heterocycles. The molecule has 3 N–H and O–H groups in total. The third-order valence-electron chi connectivity index (χ3n) is 3.40. The van der Waals surface area contributed by atoms with E-state index in [1.165, 1.54) is 18.2 Å². The molecule has 0 saturated carbocycles. The minimum atomic E-state index is -4.73. The van der Waals surface area contributed by atoms with Gasteiger partial charge in [-0.25, -0.2) is 18.5 Å². The van der Waals surface area contributed by atoms with Gasteiger partial charge in [0.2, 0.25) is 15.3 Å². The molecule has 11 heteroatoms. The Balaban J connectivity index is 2.72. The quantitative estimate of drug-likeness (QED) is 0.752. The number of anilines is 2. The Morgan fingerprint density at radius 2 is 1.81 bits per heavy atom. The average Bonchev–Trinajstić information content (AvgIpc) is 2.43. The van der Waals surface area contributed by atoms with Gasteiger partial charge in [0.25, 0.3) is 0 Å². The molecule has 0 atom stereocenters. The highest BCUT2D eigenvalue weighted by molar-refractivity contribution is 7.89. The molecule has 0 unspecified atom stereocenters. The summed E-state index contributed by atoms with van der Waals surface area (Å²) < 4.78 is 63.4. The largest absolute Gasteiger partial charge is 0.421 e. The number of sulfonamides is 1. The minimum Gasteiger partial charge on any atom is -0.339 e. The zero-order chi connectivity index (χ0) is 19.9. The average molecular weight is 409 g/mol. The normalized spacial score (nSPS) is 12.9. The maximum Gasteiger partial charge on any atom is 0.421 e. The summed E-state index contributed by atoms with van der Waals surface area (Å²) in [7, 11) is -4.10. The zero-order valence-corrected chi connectivity index (χ0v) is 15.6. The highest BCUT2D eigenvalue weighted by atomic mass is 35.5. The Kier molecular flexibility index (Phi) is 5.24. The van der Waals surface area contributed by atoms with Crippen LogP contribution >= 0.6 is 11.6 Å². The van der Waals surface area contributed by atoms with E-state index < -0.39 is 33.0 Å². The number of nitrogens with two attached hydrogens (primary N) is 1. The molecule has 0 aliphatic carbocycles. The summed E-state index contributed by atoms with van der Waals surface area (Å²) in [6.45, 7) is 5.12. The van der Waals surface area contributed by atoms with E-state index in [9.17, 15) is 21.6 Å². The van der Waals surface area contributed by atoms with Crippen LogP contribution in [-0.4, -0.2) is 18.4 Å². The topological polar surface area (TPSA) is 98.0 Å². The summed E-state index contributed by atoms with van der Waals surface area (Å²) in [4.78, 5) is 6.76. The van der Waals surface area contributed by atoms with Crippen molar-refractivity contribution in [3.8, 4) is 0 Å². The molecule has 142 valence electrons. The van der Waals surface area contributed by atoms with Crippen LogP contribution in [0.15, 0.2) is 29.3 Å². The predicted octanol–water partition coefficient (Wildman–Crippen LogP) is 3.84. The maximum absolute atomic E-state index is 13.2. The molecule has 26 heavy (non-hydrogen) atoms. The predicted molar refractivity (Wildman–Crippen MR) is 91.8 cm³/mol. The fraction of sp³-hybridized carbons (Fsp3) is 0.333. The fourth-order valence-corrected chi connectivity index (χ4v) is 3.54. The SMILES string of the molecule is CC(C)(C)c1c(Nc2nc(Cl)ncc2C(F)(F)F)cccc1S(N)(=O)=O.